The molecule has 0 bridgehead atoms. The summed E-state index contributed by atoms with van der Waals surface area (Å²) in [6, 6.07) is 0.564. The van der Waals surface area contributed by atoms with Crippen LogP contribution in [0.3, 0.4) is 0 Å². The van der Waals surface area contributed by atoms with E-state index in [0.29, 0.717) is 6.04 Å². The van der Waals surface area contributed by atoms with Gasteiger partial charge in [-0.1, -0.05) is 6.42 Å². The van der Waals surface area contributed by atoms with Crippen LogP contribution in [-0.2, 0) is 0 Å². The molecule has 2 nitrogen and oxygen atoms in total. The van der Waals surface area contributed by atoms with E-state index in [-0.39, 0.29) is 0 Å². The highest BCUT2D eigenvalue weighted by molar-refractivity contribution is 7.09. The van der Waals surface area contributed by atoms with Gasteiger partial charge >= 0.3 is 0 Å². The molecule has 76 valence electrons. The van der Waals surface area contributed by atoms with Crippen LogP contribution in [0.1, 0.15) is 54.8 Å². The molecule has 0 radical (unpaired) electrons. The number of hydrogen-bond acceptors (Lipinski definition) is 3. The maximum absolute atomic E-state index is 4.77. The van der Waals surface area contributed by atoms with Crippen LogP contribution < -0.4 is 5.32 Å². The van der Waals surface area contributed by atoms with Gasteiger partial charge in [0.15, 0.2) is 0 Å². The summed E-state index contributed by atoms with van der Waals surface area (Å²) in [6.07, 6.45) is 6.71. The zero-order valence-corrected chi connectivity index (χ0v) is 9.15. The first-order chi connectivity index (χ1) is 6.93. The molecule has 2 aliphatic rings. The minimum atomic E-state index is 0.564. The zero-order valence-electron chi connectivity index (χ0n) is 8.33. The van der Waals surface area contributed by atoms with Gasteiger partial charge < -0.3 is 5.32 Å². The van der Waals surface area contributed by atoms with Crippen molar-refractivity contribution in [2.24, 2.45) is 0 Å². The highest BCUT2D eigenvalue weighted by Crippen LogP contribution is 2.38. The van der Waals surface area contributed by atoms with Crippen molar-refractivity contribution in [2.75, 3.05) is 6.54 Å². The highest BCUT2D eigenvalue weighted by atomic mass is 32.1. The lowest BCUT2D eigenvalue weighted by Crippen LogP contribution is -2.13. The fourth-order valence-corrected chi connectivity index (χ4v) is 3.26. The second kappa shape index (κ2) is 3.63. The van der Waals surface area contributed by atoms with Crippen LogP contribution in [0.25, 0.3) is 0 Å². The van der Waals surface area contributed by atoms with Crippen molar-refractivity contribution in [3.05, 3.63) is 16.1 Å². The molecule has 2 fully saturated rings. The Bertz CT molecular complexity index is 311. The Kier molecular flexibility index (Phi) is 2.30. The molecule has 14 heavy (non-hydrogen) atoms. The predicted octanol–water partition coefficient (Wildman–Crippen LogP) is 2.84. The monoisotopic (exact) mass is 208 g/mol. The van der Waals surface area contributed by atoms with Crippen molar-refractivity contribution in [2.45, 2.75) is 44.1 Å². The van der Waals surface area contributed by atoms with E-state index in [0.717, 1.165) is 5.92 Å². The van der Waals surface area contributed by atoms with Crippen molar-refractivity contribution < 1.29 is 0 Å². The summed E-state index contributed by atoms with van der Waals surface area (Å²) in [4.78, 5) is 4.77. The van der Waals surface area contributed by atoms with Crippen molar-refractivity contribution in [1.29, 1.82) is 0 Å². The van der Waals surface area contributed by atoms with E-state index in [1.165, 1.54) is 49.4 Å². The Morgan fingerprint density at radius 3 is 2.86 bits per heavy atom. The first kappa shape index (κ1) is 8.86. The fraction of sp³-hybridized carbons (Fsp3) is 0.727. The Morgan fingerprint density at radius 1 is 1.29 bits per heavy atom. The van der Waals surface area contributed by atoms with Crippen LogP contribution in [0, 0.1) is 0 Å². The first-order valence-electron chi connectivity index (χ1n) is 5.62. The average molecular weight is 208 g/mol. The molecule has 1 saturated carbocycles. The number of rotatable bonds is 2. The number of hydrogen-bond donors (Lipinski definition) is 1. The Morgan fingerprint density at radius 2 is 2.21 bits per heavy atom. The zero-order chi connectivity index (χ0) is 9.38. The second-order valence-corrected chi connectivity index (χ2v) is 5.28. The third-order valence-electron chi connectivity index (χ3n) is 3.42. The van der Waals surface area contributed by atoms with Gasteiger partial charge in [-0.15, -0.1) is 11.3 Å². The molecule has 1 saturated heterocycles. The lowest BCUT2D eigenvalue weighted by atomic mass is 9.83. The van der Waals surface area contributed by atoms with E-state index >= 15 is 0 Å². The average Bonchev–Trinajstić information content (AvgIpc) is 2.65. The van der Waals surface area contributed by atoms with E-state index in [4.69, 9.17) is 4.98 Å². The quantitative estimate of drug-likeness (QED) is 0.808. The molecule has 1 atom stereocenters. The maximum atomic E-state index is 4.77. The van der Waals surface area contributed by atoms with E-state index in [1.54, 1.807) is 0 Å². The molecular formula is C11H16N2S. The third kappa shape index (κ3) is 1.48. The lowest BCUT2D eigenvalue weighted by Gasteiger charge is -2.23. The summed E-state index contributed by atoms with van der Waals surface area (Å²) in [5.74, 6) is 0.793. The van der Waals surface area contributed by atoms with Gasteiger partial charge in [-0.25, -0.2) is 4.98 Å². The summed E-state index contributed by atoms with van der Waals surface area (Å²) in [5, 5.41) is 7.11. The normalized spacial score (nSPS) is 27.9. The van der Waals surface area contributed by atoms with Gasteiger partial charge in [-0.05, 0) is 32.2 Å². The summed E-state index contributed by atoms with van der Waals surface area (Å²) in [5.41, 5.74) is 1.37. The Balaban J connectivity index is 1.75. The molecule has 3 heteroatoms. The van der Waals surface area contributed by atoms with Gasteiger partial charge in [-0.3, -0.25) is 0 Å². The molecule has 0 amide bonds. The topological polar surface area (TPSA) is 24.9 Å². The molecular weight excluding hydrogens is 192 g/mol. The van der Waals surface area contributed by atoms with Gasteiger partial charge in [0.05, 0.1) is 11.7 Å². The fourth-order valence-electron chi connectivity index (χ4n) is 2.25. The number of aromatic nitrogens is 1. The molecule has 1 aliphatic carbocycles. The van der Waals surface area contributed by atoms with Crippen LogP contribution in [0.5, 0.6) is 0 Å². The Labute approximate surface area is 88.7 Å². The molecule has 0 spiro atoms. The molecule has 0 aromatic carbocycles. The highest BCUT2D eigenvalue weighted by Gasteiger charge is 2.24. The van der Waals surface area contributed by atoms with Crippen LogP contribution >= 0.6 is 11.3 Å². The molecule has 1 N–H and O–H groups in total. The van der Waals surface area contributed by atoms with E-state index in [1.807, 2.05) is 11.3 Å². The van der Waals surface area contributed by atoms with Gasteiger partial charge in [0.25, 0.3) is 0 Å². The molecule has 2 heterocycles. The van der Waals surface area contributed by atoms with Crippen molar-refractivity contribution in [3.63, 3.8) is 0 Å². The van der Waals surface area contributed by atoms with Crippen molar-refractivity contribution in [3.8, 4) is 0 Å². The number of thiazole rings is 1. The number of nitrogens with zero attached hydrogens (tertiary/aromatic N) is 1. The lowest BCUT2D eigenvalue weighted by molar-refractivity contribution is 0.411. The van der Waals surface area contributed by atoms with Gasteiger partial charge in [0.2, 0.25) is 0 Å². The van der Waals surface area contributed by atoms with Crippen LogP contribution in [0.4, 0.5) is 0 Å². The van der Waals surface area contributed by atoms with Gasteiger partial charge in [0.1, 0.15) is 5.01 Å². The minimum absolute atomic E-state index is 0.564. The maximum Gasteiger partial charge on any atom is 0.110 e. The molecule has 1 aliphatic heterocycles. The van der Waals surface area contributed by atoms with Crippen molar-refractivity contribution >= 4 is 11.3 Å². The largest absolute Gasteiger partial charge is 0.308 e. The first-order valence-corrected chi connectivity index (χ1v) is 6.50. The minimum Gasteiger partial charge on any atom is -0.308 e. The van der Waals surface area contributed by atoms with Crippen LogP contribution in [0.15, 0.2) is 5.38 Å². The summed E-state index contributed by atoms with van der Waals surface area (Å²) >= 11 is 1.85. The molecule has 3 rings (SSSR count). The van der Waals surface area contributed by atoms with E-state index < -0.39 is 0 Å². The molecule has 1 unspecified atom stereocenters. The van der Waals surface area contributed by atoms with Crippen LogP contribution in [-0.4, -0.2) is 11.5 Å². The summed E-state index contributed by atoms with van der Waals surface area (Å²) in [7, 11) is 0. The summed E-state index contributed by atoms with van der Waals surface area (Å²) in [6.45, 7) is 1.17. The van der Waals surface area contributed by atoms with Gasteiger partial charge in [0, 0.05) is 11.3 Å². The van der Waals surface area contributed by atoms with Gasteiger partial charge in [-0.2, -0.15) is 0 Å². The smallest absolute Gasteiger partial charge is 0.110 e. The SMILES string of the molecule is c1sc(C2CCCN2)nc1C1CCC1. The van der Waals surface area contributed by atoms with E-state index in [9.17, 15) is 0 Å². The standard InChI is InChI=1S/C11H16N2S/c1-3-8(4-1)10-7-14-11(13-10)9-5-2-6-12-9/h7-9,12H,1-6H2. The van der Waals surface area contributed by atoms with E-state index in [2.05, 4.69) is 10.7 Å². The predicted molar refractivity (Wildman–Crippen MR) is 58.7 cm³/mol. The second-order valence-electron chi connectivity index (χ2n) is 4.39. The van der Waals surface area contributed by atoms with Crippen LogP contribution in [0.2, 0.25) is 0 Å². The molecule has 1 aromatic rings. The summed E-state index contributed by atoms with van der Waals surface area (Å²) < 4.78 is 0. The molecule has 1 aromatic heterocycles. The third-order valence-corrected chi connectivity index (χ3v) is 4.40. The Hall–Kier alpha value is -0.410. The number of nitrogens with one attached hydrogen (secondary N) is 1. The van der Waals surface area contributed by atoms with Crippen molar-refractivity contribution in [1.82, 2.24) is 10.3 Å².